The topological polar surface area (TPSA) is 12.5 Å². The van der Waals surface area contributed by atoms with E-state index < -0.39 is 0 Å². The van der Waals surface area contributed by atoms with Crippen molar-refractivity contribution in [3.63, 3.8) is 0 Å². The molecule has 1 nitrogen and oxygen atoms in total. The Balaban J connectivity index is 1.61. The molecule has 2 aromatic rings. The SMILES string of the molecule is C1=C(c2ccc(-c3ccc4cc3CCCCCCCCC4)cc2)O1. The molecule has 24 heavy (non-hydrogen) atoms. The number of hydrogen-bond acceptors (Lipinski definition) is 1. The van der Waals surface area contributed by atoms with Crippen LogP contribution in [-0.2, 0) is 17.6 Å². The van der Waals surface area contributed by atoms with E-state index in [1.54, 1.807) is 6.26 Å². The summed E-state index contributed by atoms with van der Waals surface area (Å²) in [6.07, 6.45) is 13.9. The highest BCUT2D eigenvalue weighted by Crippen LogP contribution is 2.31. The molecule has 4 rings (SSSR count). The molecule has 0 spiro atoms. The third kappa shape index (κ3) is 3.72. The largest absolute Gasteiger partial charge is 0.457 e. The van der Waals surface area contributed by atoms with Crippen LogP contribution in [0.5, 0.6) is 0 Å². The maximum Gasteiger partial charge on any atom is 0.168 e. The Hall–Kier alpha value is -2.02. The Labute approximate surface area is 145 Å². The van der Waals surface area contributed by atoms with Gasteiger partial charge in [-0.1, -0.05) is 74.6 Å². The number of aryl methyl sites for hydroxylation is 2. The molecule has 2 aromatic carbocycles. The van der Waals surface area contributed by atoms with Crippen molar-refractivity contribution in [2.24, 2.45) is 0 Å². The third-order valence-electron chi connectivity index (χ3n) is 5.30. The third-order valence-corrected chi connectivity index (χ3v) is 5.30. The van der Waals surface area contributed by atoms with E-state index in [0.29, 0.717) is 0 Å². The lowest BCUT2D eigenvalue weighted by Gasteiger charge is -2.14. The molecule has 0 fully saturated rings. The van der Waals surface area contributed by atoms with Crippen LogP contribution < -0.4 is 0 Å². The first-order chi connectivity index (χ1) is 11.9. The van der Waals surface area contributed by atoms with Gasteiger partial charge in [-0.2, -0.15) is 0 Å². The van der Waals surface area contributed by atoms with E-state index in [4.69, 9.17) is 4.74 Å². The molecule has 0 unspecified atom stereocenters. The molecule has 0 radical (unpaired) electrons. The number of hydrogen-bond donors (Lipinski definition) is 0. The van der Waals surface area contributed by atoms with Crippen molar-refractivity contribution in [2.45, 2.75) is 57.8 Å². The van der Waals surface area contributed by atoms with Gasteiger partial charge in [0.1, 0.15) is 6.26 Å². The van der Waals surface area contributed by atoms with Gasteiger partial charge in [0.15, 0.2) is 5.76 Å². The normalized spacial score (nSPS) is 17.9. The minimum atomic E-state index is 1.01. The zero-order valence-corrected chi connectivity index (χ0v) is 14.4. The fourth-order valence-electron chi connectivity index (χ4n) is 3.80. The number of benzene rings is 2. The van der Waals surface area contributed by atoms with E-state index in [9.17, 15) is 0 Å². The Morgan fingerprint density at radius 1 is 0.625 bits per heavy atom. The molecule has 0 saturated heterocycles. The molecule has 1 aliphatic carbocycles. The van der Waals surface area contributed by atoms with Crippen molar-refractivity contribution in [3.05, 3.63) is 65.4 Å². The first kappa shape index (κ1) is 15.5. The van der Waals surface area contributed by atoms with Crippen molar-refractivity contribution in [1.82, 2.24) is 0 Å². The lowest BCUT2D eigenvalue weighted by Crippen LogP contribution is -1.96. The molecule has 0 saturated carbocycles. The first-order valence-electron chi connectivity index (χ1n) is 9.50. The van der Waals surface area contributed by atoms with E-state index in [1.807, 2.05) is 0 Å². The minimum absolute atomic E-state index is 1.01. The maximum atomic E-state index is 5.18. The highest BCUT2D eigenvalue weighted by molar-refractivity contribution is 5.73. The summed E-state index contributed by atoms with van der Waals surface area (Å²) in [5.74, 6) is 1.01. The smallest absolute Gasteiger partial charge is 0.168 e. The van der Waals surface area contributed by atoms with Crippen LogP contribution in [0.3, 0.4) is 0 Å². The van der Waals surface area contributed by atoms with Gasteiger partial charge in [0, 0.05) is 5.56 Å². The van der Waals surface area contributed by atoms with Gasteiger partial charge in [0.05, 0.1) is 0 Å². The quantitative estimate of drug-likeness (QED) is 0.614. The Kier molecular flexibility index (Phi) is 4.69. The molecule has 0 N–H and O–H groups in total. The van der Waals surface area contributed by atoms with Gasteiger partial charge in [0.25, 0.3) is 0 Å². The van der Waals surface area contributed by atoms with Crippen molar-refractivity contribution < 1.29 is 4.74 Å². The van der Waals surface area contributed by atoms with Crippen LogP contribution in [0.15, 0.2) is 48.7 Å². The Bertz CT molecular complexity index is 724. The predicted octanol–water partition coefficient (Wildman–Crippen LogP) is 6.51. The summed E-state index contributed by atoms with van der Waals surface area (Å²) in [5.41, 5.74) is 6.96. The lowest BCUT2D eigenvalue weighted by molar-refractivity contribution is 0.563. The van der Waals surface area contributed by atoms with Crippen LogP contribution in [0.2, 0.25) is 0 Å². The molecule has 0 amide bonds. The van der Waals surface area contributed by atoms with E-state index >= 15 is 0 Å². The van der Waals surface area contributed by atoms with Crippen LogP contribution in [-0.4, -0.2) is 0 Å². The summed E-state index contributed by atoms with van der Waals surface area (Å²) < 4.78 is 5.18. The van der Waals surface area contributed by atoms with Crippen molar-refractivity contribution >= 4 is 5.76 Å². The molecular formula is C23H26O. The van der Waals surface area contributed by atoms with Crippen molar-refractivity contribution in [3.8, 4) is 11.1 Å². The highest BCUT2D eigenvalue weighted by Gasteiger charge is 2.13. The van der Waals surface area contributed by atoms with E-state index in [1.165, 1.54) is 85.6 Å². The van der Waals surface area contributed by atoms with E-state index in [0.717, 1.165) is 5.76 Å². The fourth-order valence-corrected chi connectivity index (χ4v) is 3.80. The maximum absolute atomic E-state index is 5.18. The molecule has 1 heterocycles. The fraction of sp³-hybridized carbons (Fsp3) is 0.391. The average Bonchev–Trinajstić information content (AvgIpc) is 3.45. The van der Waals surface area contributed by atoms with Gasteiger partial charge >= 0.3 is 0 Å². The summed E-state index contributed by atoms with van der Waals surface area (Å²) in [5, 5.41) is 0. The second kappa shape index (κ2) is 7.25. The molecule has 0 aromatic heterocycles. The Morgan fingerprint density at radius 2 is 1.25 bits per heavy atom. The minimum Gasteiger partial charge on any atom is -0.457 e. The van der Waals surface area contributed by atoms with Gasteiger partial charge in [-0.3, -0.25) is 0 Å². The zero-order valence-electron chi connectivity index (χ0n) is 14.4. The first-order valence-corrected chi connectivity index (χ1v) is 9.50. The molecule has 124 valence electrons. The molecule has 0 atom stereocenters. The predicted molar refractivity (Wildman–Crippen MR) is 101 cm³/mol. The lowest BCUT2D eigenvalue weighted by atomic mass is 9.91. The second-order valence-electron chi connectivity index (χ2n) is 7.14. The van der Waals surface area contributed by atoms with E-state index in [-0.39, 0.29) is 0 Å². The van der Waals surface area contributed by atoms with Gasteiger partial charge in [-0.25, -0.2) is 0 Å². The van der Waals surface area contributed by atoms with Crippen LogP contribution >= 0.6 is 0 Å². The molecule has 1 heteroatoms. The standard InChI is InChI=1S/C23H26O/c1-2-4-6-8-18-10-15-22(21(16-18)9-7-5-3-1)19-11-13-20(14-12-19)23-17-24-23/h10-17H,1-9H2. The van der Waals surface area contributed by atoms with E-state index in [2.05, 4.69) is 42.5 Å². The van der Waals surface area contributed by atoms with Gasteiger partial charge in [-0.15, -0.1) is 0 Å². The monoisotopic (exact) mass is 318 g/mol. The molecule has 1 aliphatic heterocycles. The summed E-state index contributed by atoms with van der Waals surface area (Å²) >= 11 is 0. The van der Waals surface area contributed by atoms with Crippen LogP contribution in [0, 0.1) is 0 Å². The molecule has 2 aliphatic rings. The number of ether oxygens (including phenoxy) is 1. The highest BCUT2D eigenvalue weighted by atomic mass is 16.5. The van der Waals surface area contributed by atoms with Crippen molar-refractivity contribution in [2.75, 3.05) is 0 Å². The molecular weight excluding hydrogens is 292 g/mol. The average molecular weight is 318 g/mol. The van der Waals surface area contributed by atoms with Crippen molar-refractivity contribution in [1.29, 1.82) is 0 Å². The zero-order chi connectivity index (χ0) is 16.2. The number of fused-ring (bicyclic) bond motifs is 2. The summed E-state index contributed by atoms with van der Waals surface area (Å²) in [6, 6.07) is 16.0. The van der Waals surface area contributed by atoms with Gasteiger partial charge in [-0.05, 0) is 47.9 Å². The van der Waals surface area contributed by atoms with Gasteiger partial charge in [0.2, 0.25) is 0 Å². The second-order valence-corrected chi connectivity index (χ2v) is 7.14. The summed E-state index contributed by atoms with van der Waals surface area (Å²) in [4.78, 5) is 0. The Morgan fingerprint density at radius 3 is 1.96 bits per heavy atom. The van der Waals surface area contributed by atoms with Crippen LogP contribution in [0.25, 0.3) is 16.9 Å². The summed E-state index contributed by atoms with van der Waals surface area (Å²) in [7, 11) is 0. The van der Waals surface area contributed by atoms with Crippen LogP contribution in [0.1, 0.15) is 61.6 Å². The summed E-state index contributed by atoms with van der Waals surface area (Å²) in [6.45, 7) is 0. The van der Waals surface area contributed by atoms with Gasteiger partial charge < -0.3 is 4.74 Å². The van der Waals surface area contributed by atoms with Crippen LogP contribution in [0.4, 0.5) is 0 Å². The number of rotatable bonds is 2. The molecule has 2 bridgehead atoms.